The number of ketones is 1. The molecule has 0 radical (unpaired) electrons. The number of nitrogens with one attached hydrogen (secondary N) is 1. The molecule has 0 atom stereocenters. The first-order chi connectivity index (χ1) is 12.8. The van der Waals surface area contributed by atoms with Crippen molar-refractivity contribution in [2.24, 2.45) is 7.05 Å². The van der Waals surface area contributed by atoms with Crippen LogP contribution < -0.4 is 5.32 Å². The first kappa shape index (κ1) is 20.4. The Hall–Kier alpha value is -2.96. The Morgan fingerprint density at radius 3 is 2.37 bits per heavy atom. The second kappa shape index (κ2) is 9.12. The highest BCUT2D eigenvalue weighted by Crippen LogP contribution is 2.15. The molecule has 0 saturated heterocycles. The zero-order valence-electron chi connectivity index (χ0n) is 16.2. The number of rotatable bonds is 8. The molecule has 1 aromatic carbocycles. The molecule has 1 N–H and O–H groups in total. The second-order valence-corrected chi connectivity index (χ2v) is 6.34. The molecule has 1 aromatic heterocycles. The number of hydrogen-bond donors (Lipinski definition) is 1. The summed E-state index contributed by atoms with van der Waals surface area (Å²) in [7, 11) is 1.86. The molecule has 7 nitrogen and oxygen atoms in total. The molecular weight excluding hydrogens is 346 g/mol. The first-order valence-electron chi connectivity index (χ1n) is 8.89. The van der Waals surface area contributed by atoms with Crippen molar-refractivity contribution in [1.29, 1.82) is 0 Å². The van der Waals surface area contributed by atoms with E-state index in [1.807, 2.05) is 20.9 Å². The maximum Gasteiger partial charge on any atom is 0.306 e. The van der Waals surface area contributed by atoms with E-state index in [9.17, 15) is 14.4 Å². The minimum absolute atomic E-state index is 0.0953. The highest BCUT2D eigenvalue weighted by molar-refractivity contribution is 5.98. The number of benzene rings is 1. The van der Waals surface area contributed by atoms with Crippen molar-refractivity contribution in [3.05, 3.63) is 46.8 Å². The average Bonchev–Trinajstić information content (AvgIpc) is 2.90. The van der Waals surface area contributed by atoms with Gasteiger partial charge in [0, 0.05) is 36.8 Å². The summed E-state index contributed by atoms with van der Waals surface area (Å²) in [5.41, 5.74) is 4.00. The third kappa shape index (κ3) is 5.51. The van der Waals surface area contributed by atoms with E-state index in [0.29, 0.717) is 24.1 Å². The van der Waals surface area contributed by atoms with E-state index in [0.717, 1.165) is 17.0 Å². The SMILES string of the molecule is CCC(=O)Nc1ccc(C(=O)COC(=O)CCc2c(C)nn(C)c2C)cc1. The average molecular weight is 371 g/mol. The lowest BCUT2D eigenvalue weighted by Crippen LogP contribution is -2.15. The Morgan fingerprint density at radius 1 is 1.15 bits per heavy atom. The topological polar surface area (TPSA) is 90.3 Å². The Bertz CT molecular complexity index is 838. The summed E-state index contributed by atoms with van der Waals surface area (Å²) in [5.74, 6) is -0.801. The monoisotopic (exact) mass is 371 g/mol. The van der Waals surface area contributed by atoms with Crippen molar-refractivity contribution in [3.63, 3.8) is 0 Å². The molecule has 2 aromatic rings. The number of aromatic nitrogens is 2. The highest BCUT2D eigenvalue weighted by atomic mass is 16.5. The molecule has 0 unspecified atom stereocenters. The molecule has 1 amide bonds. The number of Topliss-reactive ketones (excluding diaryl/α,β-unsaturated/α-hetero) is 1. The lowest BCUT2D eigenvalue weighted by Gasteiger charge is -2.07. The molecule has 0 fully saturated rings. The summed E-state index contributed by atoms with van der Waals surface area (Å²) >= 11 is 0. The number of hydrogen-bond acceptors (Lipinski definition) is 5. The maximum absolute atomic E-state index is 12.1. The molecule has 0 aliphatic heterocycles. The molecule has 0 saturated carbocycles. The minimum atomic E-state index is -0.419. The van der Waals surface area contributed by atoms with Crippen molar-refractivity contribution < 1.29 is 19.1 Å². The predicted octanol–water partition coefficient (Wildman–Crippen LogP) is 2.74. The lowest BCUT2D eigenvalue weighted by molar-refractivity contribution is -0.142. The standard InChI is InChI=1S/C20H25N3O4/c1-5-19(25)21-16-8-6-15(7-9-16)18(24)12-27-20(26)11-10-17-13(2)22-23(4)14(17)3/h6-9H,5,10-12H2,1-4H3,(H,21,25). The van der Waals surface area contributed by atoms with Crippen molar-refractivity contribution in [2.75, 3.05) is 11.9 Å². The largest absolute Gasteiger partial charge is 0.457 e. The molecule has 0 aliphatic rings. The van der Waals surface area contributed by atoms with Gasteiger partial charge in [0.1, 0.15) is 0 Å². The molecule has 0 bridgehead atoms. The second-order valence-electron chi connectivity index (χ2n) is 6.34. The van der Waals surface area contributed by atoms with Gasteiger partial charge in [-0.3, -0.25) is 19.1 Å². The summed E-state index contributed by atoms with van der Waals surface area (Å²) in [5, 5.41) is 7.03. The van der Waals surface area contributed by atoms with E-state index >= 15 is 0 Å². The van der Waals surface area contributed by atoms with Gasteiger partial charge in [0.25, 0.3) is 0 Å². The van der Waals surface area contributed by atoms with Crippen LogP contribution in [0.25, 0.3) is 0 Å². The van der Waals surface area contributed by atoms with Gasteiger partial charge >= 0.3 is 5.97 Å². The highest BCUT2D eigenvalue weighted by Gasteiger charge is 2.14. The van der Waals surface area contributed by atoms with Crippen molar-refractivity contribution in [3.8, 4) is 0 Å². The summed E-state index contributed by atoms with van der Waals surface area (Å²) < 4.78 is 6.88. The van der Waals surface area contributed by atoms with Crippen LogP contribution in [0.15, 0.2) is 24.3 Å². The van der Waals surface area contributed by atoms with E-state index in [4.69, 9.17) is 4.74 Å². The minimum Gasteiger partial charge on any atom is -0.457 e. The molecule has 7 heteroatoms. The van der Waals surface area contributed by atoms with Crippen molar-refractivity contribution in [2.45, 2.75) is 40.0 Å². The van der Waals surface area contributed by atoms with E-state index in [1.54, 1.807) is 35.9 Å². The molecule has 2 rings (SSSR count). The third-order valence-corrected chi connectivity index (χ3v) is 4.41. The molecule has 27 heavy (non-hydrogen) atoms. The third-order valence-electron chi connectivity index (χ3n) is 4.41. The quantitative estimate of drug-likeness (QED) is 0.569. The fourth-order valence-corrected chi connectivity index (χ4v) is 2.70. The summed E-state index contributed by atoms with van der Waals surface area (Å²) in [4.78, 5) is 35.4. The fourth-order valence-electron chi connectivity index (χ4n) is 2.70. The van der Waals surface area contributed by atoms with Crippen LogP contribution in [0.2, 0.25) is 0 Å². The summed E-state index contributed by atoms with van der Waals surface area (Å²) in [6.45, 7) is 5.32. The number of aryl methyl sites for hydroxylation is 2. The van der Waals surface area contributed by atoms with E-state index in [-0.39, 0.29) is 24.7 Å². The number of carbonyl (C=O) groups is 3. The Balaban J connectivity index is 1.82. The van der Waals surface area contributed by atoms with Gasteiger partial charge in [-0.1, -0.05) is 6.92 Å². The number of amides is 1. The van der Waals surface area contributed by atoms with E-state index in [1.165, 1.54) is 0 Å². The summed E-state index contributed by atoms with van der Waals surface area (Å²) in [6, 6.07) is 6.50. The Kier molecular flexibility index (Phi) is 6.87. The molecule has 144 valence electrons. The van der Waals surface area contributed by atoms with Crippen LogP contribution >= 0.6 is 0 Å². The molecular formula is C20H25N3O4. The van der Waals surface area contributed by atoms with Gasteiger partial charge in [0.05, 0.1) is 5.69 Å². The number of carbonyl (C=O) groups excluding carboxylic acids is 3. The molecule has 0 aliphatic carbocycles. The lowest BCUT2D eigenvalue weighted by atomic mass is 10.1. The smallest absolute Gasteiger partial charge is 0.306 e. The van der Waals surface area contributed by atoms with Crippen LogP contribution in [-0.2, 0) is 27.8 Å². The van der Waals surface area contributed by atoms with Crippen molar-refractivity contribution >= 4 is 23.3 Å². The van der Waals surface area contributed by atoms with Crippen molar-refractivity contribution in [1.82, 2.24) is 9.78 Å². The van der Waals surface area contributed by atoms with E-state index in [2.05, 4.69) is 10.4 Å². The fraction of sp³-hybridized carbons (Fsp3) is 0.400. The first-order valence-corrected chi connectivity index (χ1v) is 8.89. The maximum atomic E-state index is 12.1. The zero-order chi connectivity index (χ0) is 20.0. The zero-order valence-corrected chi connectivity index (χ0v) is 16.2. The van der Waals surface area contributed by atoms with E-state index < -0.39 is 5.97 Å². The Labute approximate surface area is 158 Å². The van der Waals surface area contributed by atoms with Crippen LogP contribution in [0, 0.1) is 13.8 Å². The predicted molar refractivity (Wildman–Crippen MR) is 102 cm³/mol. The van der Waals surface area contributed by atoms with Crippen LogP contribution in [0.1, 0.15) is 47.1 Å². The van der Waals surface area contributed by atoms with Gasteiger partial charge < -0.3 is 10.1 Å². The number of esters is 1. The number of ether oxygens (including phenoxy) is 1. The molecule has 0 spiro atoms. The van der Waals surface area contributed by atoms with Crippen LogP contribution in [0.3, 0.4) is 0 Å². The van der Waals surface area contributed by atoms with Crippen LogP contribution in [-0.4, -0.2) is 34.0 Å². The Morgan fingerprint density at radius 2 is 1.81 bits per heavy atom. The van der Waals surface area contributed by atoms with Crippen LogP contribution in [0.4, 0.5) is 5.69 Å². The van der Waals surface area contributed by atoms with Gasteiger partial charge in [-0.05, 0) is 50.1 Å². The van der Waals surface area contributed by atoms with Gasteiger partial charge in [-0.2, -0.15) is 5.10 Å². The van der Waals surface area contributed by atoms with Gasteiger partial charge in [0.2, 0.25) is 5.91 Å². The molecule has 1 heterocycles. The number of nitrogens with zero attached hydrogens (tertiary/aromatic N) is 2. The van der Waals surface area contributed by atoms with Gasteiger partial charge in [0.15, 0.2) is 12.4 Å². The summed E-state index contributed by atoms with van der Waals surface area (Å²) in [6.07, 6.45) is 1.11. The van der Waals surface area contributed by atoms with Gasteiger partial charge in [-0.15, -0.1) is 0 Å². The van der Waals surface area contributed by atoms with Crippen LogP contribution in [0.5, 0.6) is 0 Å². The van der Waals surface area contributed by atoms with Gasteiger partial charge in [-0.25, -0.2) is 0 Å². The number of anilines is 1. The normalized spacial score (nSPS) is 10.5.